The Kier molecular flexibility index (Phi) is 4.29. The third kappa shape index (κ3) is 3.24. The Hall–Kier alpha value is -3.06. The number of benzene rings is 1. The highest BCUT2D eigenvalue weighted by atomic mass is 32.2. The molecule has 0 heterocycles. The van der Waals surface area contributed by atoms with Crippen molar-refractivity contribution in [1.29, 1.82) is 15.8 Å². The Bertz CT molecular complexity index is 790. The van der Waals surface area contributed by atoms with Crippen LogP contribution in [0.25, 0.3) is 0 Å². The summed E-state index contributed by atoms with van der Waals surface area (Å²) >= 11 is 0. The highest BCUT2D eigenvalue weighted by Gasteiger charge is 2.14. The maximum absolute atomic E-state index is 11.0. The predicted octanol–water partition coefficient (Wildman–Crippen LogP) is 0.876. The Balaban J connectivity index is 3.37. The zero-order valence-electron chi connectivity index (χ0n) is 9.69. The molecule has 0 amide bonds. The van der Waals surface area contributed by atoms with E-state index in [2.05, 4.69) is 5.32 Å². The molecule has 9 heteroatoms. The summed E-state index contributed by atoms with van der Waals surface area (Å²) in [6.07, 6.45) is 0. The largest absolute Gasteiger partial charge is 0.506 e. The molecule has 20 heavy (non-hydrogen) atoms. The quantitative estimate of drug-likeness (QED) is 0.420. The molecule has 0 radical (unpaired) electrons. The lowest BCUT2D eigenvalue weighted by Gasteiger charge is -2.08. The van der Waals surface area contributed by atoms with Gasteiger partial charge < -0.3 is 10.4 Å². The van der Waals surface area contributed by atoms with Gasteiger partial charge in [0.15, 0.2) is 5.57 Å². The molecule has 100 valence electrons. The number of aromatic hydroxyl groups is 1. The van der Waals surface area contributed by atoms with Gasteiger partial charge in [-0.2, -0.15) is 24.2 Å². The molecule has 0 atom stereocenters. The van der Waals surface area contributed by atoms with Gasteiger partial charge in [0.1, 0.15) is 29.7 Å². The van der Waals surface area contributed by atoms with Crippen LogP contribution < -0.4 is 5.32 Å². The fourth-order valence-corrected chi connectivity index (χ4v) is 1.70. The van der Waals surface area contributed by atoms with Gasteiger partial charge in [0.2, 0.25) is 0 Å². The van der Waals surface area contributed by atoms with Crippen LogP contribution in [0.5, 0.6) is 5.75 Å². The molecule has 0 saturated heterocycles. The first-order valence-electron chi connectivity index (χ1n) is 4.85. The highest BCUT2D eigenvalue weighted by molar-refractivity contribution is 7.85. The summed E-state index contributed by atoms with van der Waals surface area (Å²) in [6, 6.07) is 7.25. The van der Waals surface area contributed by atoms with Crippen LogP contribution in [0.3, 0.4) is 0 Å². The Morgan fingerprint density at radius 1 is 1.15 bits per heavy atom. The van der Waals surface area contributed by atoms with Crippen LogP contribution in [-0.4, -0.2) is 18.1 Å². The van der Waals surface area contributed by atoms with Crippen molar-refractivity contribution in [2.75, 3.05) is 5.32 Å². The van der Waals surface area contributed by atoms with Crippen molar-refractivity contribution < 1.29 is 18.1 Å². The number of allylic oxidation sites excluding steroid dienone is 2. The number of phenols is 1. The van der Waals surface area contributed by atoms with Crippen molar-refractivity contribution >= 4 is 15.8 Å². The zero-order valence-corrected chi connectivity index (χ0v) is 10.5. The minimum absolute atomic E-state index is 0.250. The van der Waals surface area contributed by atoms with E-state index in [0.717, 1.165) is 18.2 Å². The molecule has 0 saturated carbocycles. The fraction of sp³-hybridized carbons (Fsp3) is 0. The van der Waals surface area contributed by atoms with E-state index >= 15 is 0 Å². The normalized spacial score (nSPS) is 9.70. The Morgan fingerprint density at radius 2 is 1.75 bits per heavy atom. The van der Waals surface area contributed by atoms with Crippen molar-refractivity contribution in [3.63, 3.8) is 0 Å². The number of hydrogen-bond donors (Lipinski definition) is 3. The molecule has 0 fully saturated rings. The minimum Gasteiger partial charge on any atom is -0.506 e. The van der Waals surface area contributed by atoms with Gasteiger partial charge in [0, 0.05) is 0 Å². The molecule has 0 aliphatic heterocycles. The van der Waals surface area contributed by atoms with E-state index in [4.69, 9.17) is 20.3 Å². The summed E-state index contributed by atoms with van der Waals surface area (Å²) < 4.78 is 30.8. The number of nitriles is 3. The number of nitrogens with zero attached hydrogens (tertiary/aromatic N) is 3. The van der Waals surface area contributed by atoms with Crippen LogP contribution in [0.2, 0.25) is 0 Å². The smallest absolute Gasteiger partial charge is 0.294 e. The lowest BCUT2D eigenvalue weighted by atomic mass is 10.2. The van der Waals surface area contributed by atoms with Crippen LogP contribution >= 0.6 is 0 Å². The van der Waals surface area contributed by atoms with Crippen molar-refractivity contribution in [3.8, 4) is 24.0 Å². The Morgan fingerprint density at radius 3 is 2.20 bits per heavy atom. The van der Waals surface area contributed by atoms with Crippen LogP contribution in [-0.2, 0) is 10.1 Å². The van der Waals surface area contributed by atoms with Gasteiger partial charge in [-0.15, -0.1) is 0 Å². The van der Waals surface area contributed by atoms with E-state index in [9.17, 15) is 13.5 Å². The third-order valence-electron chi connectivity index (χ3n) is 2.11. The average molecular weight is 290 g/mol. The fourth-order valence-electron chi connectivity index (χ4n) is 1.19. The second-order valence-corrected chi connectivity index (χ2v) is 4.79. The lowest BCUT2D eigenvalue weighted by molar-refractivity contribution is 0.475. The van der Waals surface area contributed by atoms with Crippen molar-refractivity contribution in [2.45, 2.75) is 4.90 Å². The third-order valence-corrected chi connectivity index (χ3v) is 2.96. The molecular formula is C11H6N4O4S. The van der Waals surface area contributed by atoms with Gasteiger partial charge >= 0.3 is 0 Å². The average Bonchev–Trinajstić information content (AvgIpc) is 2.39. The SMILES string of the molecule is N#CC(C#N)=C(C#N)Nc1cc(S(=O)(=O)O)ccc1O. The molecule has 0 spiro atoms. The highest BCUT2D eigenvalue weighted by Crippen LogP contribution is 2.27. The summed E-state index contributed by atoms with van der Waals surface area (Å²) in [5, 5.41) is 37.9. The molecule has 3 N–H and O–H groups in total. The van der Waals surface area contributed by atoms with E-state index in [0.29, 0.717) is 0 Å². The summed E-state index contributed by atoms with van der Waals surface area (Å²) in [5.74, 6) is -0.430. The topological polar surface area (TPSA) is 158 Å². The van der Waals surface area contributed by atoms with E-state index in [1.807, 2.05) is 0 Å². The zero-order chi connectivity index (χ0) is 15.3. The van der Waals surface area contributed by atoms with Gasteiger partial charge in [-0.25, -0.2) is 0 Å². The summed E-state index contributed by atoms with van der Waals surface area (Å²) in [4.78, 5) is -0.523. The molecule has 0 aliphatic carbocycles. The van der Waals surface area contributed by atoms with Gasteiger partial charge in [0.25, 0.3) is 10.1 Å². The molecule has 1 rings (SSSR count). The van der Waals surface area contributed by atoms with E-state index in [-0.39, 0.29) is 5.69 Å². The molecule has 0 bridgehead atoms. The summed E-state index contributed by atoms with van der Waals surface area (Å²) in [6.45, 7) is 0. The first-order valence-corrected chi connectivity index (χ1v) is 6.29. The van der Waals surface area contributed by atoms with E-state index in [1.165, 1.54) is 18.2 Å². The molecule has 0 unspecified atom stereocenters. The number of anilines is 1. The molecular weight excluding hydrogens is 284 g/mol. The van der Waals surface area contributed by atoms with Crippen LogP contribution in [0, 0.1) is 34.0 Å². The standard InChI is InChI=1S/C11H6N4O4S/c12-4-7(5-13)10(6-14)15-9-3-8(20(17,18)19)1-2-11(9)16/h1-3,15-16H,(H,17,18,19). The second kappa shape index (κ2) is 5.72. The number of nitrogens with one attached hydrogen (secondary N) is 1. The van der Waals surface area contributed by atoms with Gasteiger partial charge in [-0.3, -0.25) is 4.55 Å². The minimum atomic E-state index is -4.50. The molecule has 1 aromatic rings. The second-order valence-electron chi connectivity index (χ2n) is 3.36. The van der Waals surface area contributed by atoms with Crippen molar-refractivity contribution in [1.82, 2.24) is 0 Å². The van der Waals surface area contributed by atoms with Gasteiger partial charge in [-0.1, -0.05) is 0 Å². The molecule has 1 aromatic carbocycles. The number of hydrogen-bond acceptors (Lipinski definition) is 7. The van der Waals surface area contributed by atoms with E-state index < -0.39 is 32.0 Å². The lowest BCUT2D eigenvalue weighted by Crippen LogP contribution is -2.03. The molecule has 0 aromatic heterocycles. The van der Waals surface area contributed by atoms with Gasteiger partial charge in [0.05, 0.1) is 10.6 Å². The monoisotopic (exact) mass is 290 g/mol. The maximum Gasteiger partial charge on any atom is 0.294 e. The summed E-state index contributed by atoms with van der Waals surface area (Å²) in [5.41, 5.74) is -1.25. The number of rotatable bonds is 3. The maximum atomic E-state index is 11.0. The predicted molar refractivity (Wildman–Crippen MR) is 65.4 cm³/mol. The van der Waals surface area contributed by atoms with Gasteiger partial charge in [-0.05, 0) is 18.2 Å². The van der Waals surface area contributed by atoms with Crippen molar-refractivity contribution in [3.05, 3.63) is 29.5 Å². The first-order chi connectivity index (χ1) is 9.33. The van der Waals surface area contributed by atoms with E-state index in [1.54, 1.807) is 0 Å². The summed E-state index contributed by atoms with van der Waals surface area (Å²) in [7, 11) is -4.50. The van der Waals surface area contributed by atoms with Crippen molar-refractivity contribution in [2.24, 2.45) is 0 Å². The molecule has 0 aliphatic rings. The van der Waals surface area contributed by atoms with Crippen LogP contribution in [0.15, 0.2) is 34.4 Å². The van der Waals surface area contributed by atoms with Crippen LogP contribution in [0.1, 0.15) is 0 Å². The molecule has 8 nitrogen and oxygen atoms in total. The number of phenolic OH excluding ortho intramolecular Hbond substituents is 1. The first kappa shape index (κ1) is 15.0. The Labute approximate surface area is 114 Å². The van der Waals surface area contributed by atoms with Crippen LogP contribution in [0.4, 0.5) is 5.69 Å².